The molecular weight excluding hydrogens is 428 g/mol. The van der Waals surface area contributed by atoms with E-state index < -0.39 is 12.3 Å². The van der Waals surface area contributed by atoms with E-state index in [1.54, 1.807) is 0 Å². The van der Waals surface area contributed by atoms with Crippen LogP contribution in [0.15, 0.2) is 24.3 Å². The molecule has 0 bridgehead atoms. The Labute approximate surface area is 203 Å². The minimum Gasteiger partial charge on any atom is -0.459 e. The number of benzene rings is 2. The summed E-state index contributed by atoms with van der Waals surface area (Å²) >= 11 is 0. The molecule has 0 amide bonds. The third kappa shape index (κ3) is 5.35. The maximum absolute atomic E-state index is 12.9. The number of esters is 2. The van der Waals surface area contributed by atoms with Crippen molar-refractivity contribution >= 4 is 11.9 Å². The maximum Gasteiger partial charge on any atom is 0.340 e. The van der Waals surface area contributed by atoms with Gasteiger partial charge in [-0.15, -0.1) is 0 Å². The summed E-state index contributed by atoms with van der Waals surface area (Å²) in [4.78, 5) is 25.7. The van der Waals surface area contributed by atoms with Gasteiger partial charge in [0.05, 0.1) is 17.2 Å². The second-order valence-corrected chi connectivity index (χ2v) is 10.1. The quantitative estimate of drug-likeness (QED) is 0.492. The predicted molar refractivity (Wildman–Crippen MR) is 133 cm³/mol. The van der Waals surface area contributed by atoms with Crippen LogP contribution in [0.2, 0.25) is 0 Å². The Morgan fingerprint density at radius 3 is 1.62 bits per heavy atom. The van der Waals surface area contributed by atoms with Gasteiger partial charge in [0.25, 0.3) is 0 Å². The molecule has 5 atom stereocenters. The Hall–Kier alpha value is -2.66. The van der Waals surface area contributed by atoms with Gasteiger partial charge in [0.2, 0.25) is 6.29 Å². The Morgan fingerprint density at radius 1 is 0.706 bits per heavy atom. The summed E-state index contributed by atoms with van der Waals surface area (Å²) in [6.07, 6.45) is -1.06. The largest absolute Gasteiger partial charge is 0.459 e. The SMILES string of the molecule is Cc1cc(C(=O)OCC2OC(OC(=O)c3cc(C)c(C)c(C)c3)C(C)C(C)C2C)cc(C)c1C. The molecule has 2 aromatic rings. The fourth-order valence-electron chi connectivity index (χ4n) is 4.53. The zero-order valence-electron chi connectivity index (χ0n) is 21.9. The van der Waals surface area contributed by atoms with Crippen molar-refractivity contribution < 1.29 is 23.8 Å². The summed E-state index contributed by atoms with van der Waals surface area (Å²) in [6.45, 7) is 18.4. The first-order valence-electron chi connectivity index (χ1n) is 12.1. The Morgan fingerprint density at radius 2 is 1.15 bits per heavy atom. The molecule has 1 aliphatic rings. The van der Waals surface area contributed by atoms with Gasteiger partial charge in [-0.2, -0.15) is 0 Å². The van der Waals surface area contributed by atoms with Crippen molar-refractivity contribution in [2.45, 2.75) is 74.7 Å². The molecule has 0 saturated carbocycles. The van der Waals surface area contributed by atoms with Crippen LogP contribution in [-0.4, -0.2) is 30.9 Å². The third-order valence-electron chi connectivity index (χ3n) is 7.91. The maximum atomic E-state index is 12.9. The molecule has 1 fully saturated rings. The van der Waals surface area contributed by atoms with E-state index in [1.807, 2.05) is 72.7 Å². The second kappa shape index (κ2) is 10.3. The topological polar surface area (TPSA) is 61.8 Å². The fourth-order valence-corrected chi connectivity index (χ4v) is 4.53. The van der Waals surface area contributed by atoms with E-state index >= 15 is 0 Å². The molecule has 5 nitrogen and oxygen atoms in total. The molecule has 184 valence electrons. The van der Waals surface area contributed by atoms with Crippen LogP contribution in [0.3, 0.4) is 0 Å². The van der Waals surface area contributed by atoms with Crippen molar-refractivity contribution in [2.24, 2.45) is 17.8 Å². The van der Waals surface area contributed by atoms with Gasteiger partial charge < -0.3 is 14.2 Å². The lowest BCUT2D eigenvalue weighted by Gasteiger charge is -2.42. The minimum atomic E-state index is -0.701. The highest BCUT2D eigenvalue weighted by Gasteiger charge is 2.41. The van der Waals surface area contributed by atoms with Crippen molar-refractivity contribution in [1.29, 1.82) is 0 Å². The average Bonchev–Trinajstić information content (AvgIpc) is 2.79. The van der Waals surface area contributed by atoms with E-state index in [0.717, 1.165) is 22.3 Å². The van der Waals surface area contributed by atoms with Gasteiger partial charge in [-0.1, -0.05) is 20.8 Å². The van der Waals surface area contributed by atoms with Crippen LogP contribution in [0, 0.1) is 59.3 Å². The summed E-state index contributed by atoms with van der Waals surface area (Å²) < 4.78 is 17.7. The molecule has 0 aromatic heterocycles. The lowest BCUT2D eigenvalue weighted by molar-refractivity contribution is -0.231. The Bertz CT molecular complexity index is 1040. The van der Waals surface area contributed by atoms with E-state index in [9.17, 15) is 9.59 Å². The highest BCUT2D eigenvalue weighted by Crippen LogP contribution is 2.36. The van der Waals surface area contributed by atoms with Gasteiger partial charge in [0, 0.05) is 5.92 Å². The van der Waals surface area contributed by atoms with E-state index in [2.05, 4.69) is 13.8 Å². The van der Waals surface area contributed by atoms with Crippen LogP contribution >= 0.6 is 0 Å². The first kappa shape index (κ1) is 26.0. The van der Waals surface area contributed by atoms with Gasteiger partial charge in [-0.3, -0.25) is 0 Å². The molecule has 3 rings (SSSR count). The molecule has 1 saturated heterocycles. The Kier molecular flexibility index (Phi) is 7.87. The highest BCUT2D eigenvalue weighted by molar-refractivity contribution is 5.90. The molecule has 5 heteroatoms. The standard InChI is InChI=1S/C29H38O5/c1-15-10-24(11-16(2)19(15)5)27(30)32-14-26-22(8)21(7)23(9)29(33-26)34-28(31)25-12-17(3)20(6)18(4)13-25/h10-13,21-23,26,29H,14H2,1-9H3. The Balaban J connectivity index is 1.70. The lowest BCUT2D eigenvalue weighted by atomic mass is 9.79. The van der Waals surface area contributed by atoms with Crippen molar-refractivity contribution in [3.8, 4) is 0 Å². The number of hydrogen-bond acceptors (Lipinski definition) is 5. The highest BCUT2D eigenvalue weighted by atomic mass is 16.7. The summed E-state index contributed by atoms with van der Waals surface area (Å²) in [5.74, 6) is -0.386. The van der Waals surface area contributed by atoms with Gasteiger partial charge >= 0.3 is 11.9 Å². The molecule has 0 radical (unpaired) electrons. The van der Waals surface area contributed by atoms with Gasteiger partial charge in [-0.25, -0.2) is 9.59 Å². The number of aryl methyl sites for hydroxylation is 4. The van der Waals surface area contributed by atoms with Gasteiger partial charge in [0.1, 0.15) is 6.61 Å². The molecule has 1 heterocycles. The average molecular weight is 467 g/mol. The molecule has 34 heavy (non-hydrogen) atoms. The number of hydrogen-bond donors (Lipinski definition) is 0. The van der Waals surface area contributed by atoms with Gasteiger partial charge in [-0.05, 0) is 111 Å². The van der Waals surface area contributed by atoms with E-state index in [4.69, 9.17) is 14.2 Å². The molecule has 0 aliphatic carbocycles. The molecule has 1 aliphatic heterocycles. The summed E-state index contributed by atoms with van der Waals surface area (Å²) in [6, 6.07) is 7.43. The van der Waals surface area contributed by atoms with Crippen LogP contribution < -0.4 is 0 Å². The summed E-state index contributed by atoms with van der Waals surface area (Å²) in [5, 5.41) is 0. The minimum absolute atomic E-state index is 0.0148. The van der Waals surface area contributed by atoms with Crippen molar-refractivity contribution in [1.82, 2.24) is 0 Å². The molecular formula is C29H38O5. The fraction of sp³-hybridized carbons (Fsp3) is 0.517. The molecule has 0 N–H and O–H groups in total. The molecule has 5 unspecified atom stereocenters. The lowest BCUT2D eigenvalue weighted by Crippen LogP contribution is -2.48. The smallest absolute Gasteiger partial charge is 0.340 e. The van der Waals surface area contributed by atoms with E-state index in [-0.39, 0.29) is 36.4 Å². The first-order valence-corrected chi connectivity index (χ1v) is 12.1. The predicted octanol–water partition coefficient (Wildman–Crippen LogP) is 6.18. The van der Waals surface area contributed by atoms with Crippen molar-refractivity contribution in [3.63, 3.8) is 0 Å². The number of carbonyl (C=O) groups is 2. The number of rotatable bonds is 5. The van der Waals surface area contributed by atoms with Crippen molar-refractivity contribution in [2.75, 3.05) is 6.61 Å². The van der Waals surface area contributed by atoms with Crippen LogP contribution in [0.4, 0.5) is 0 Å². The number of carbonyl (C=O) groups excluding carboxylic acids is 2. The molecule has 0 spiro atoms. The zero-order chi connectivity index (χ0) is 25.3. The summed E-state index contributed by atoms with van der Waals surface area (Å²) in [7, 11) is 0. The van der Waals surface area contributed by atoms with Crippen LogP contribution in [0.5, 0.6) is 0 Å². The van der Waals surface area contributed by atoms with Crippen LogP contribution in [0.25, 0.3) is 0 Å². The van der Waals surface area contributed by atoms with E-state index in [1.165, 1.54) is 11.1 Å². The van der Waals surface area contributed by atoms with Crippen LogP contribution in [-0.2, 0) is 14.2 Å². The number of ether oxygens (including phenoxy) is 3. The zero-order valence-corrected chi connectivity index (χ0v) is 21.9. The normalized spacial score (nSPS) is 24.6. The van der Waals surface area contributed by atoms with Crippen LogP contribution in [0.1, 0.15) is 74.9 Å². The second-order valence-electron chi connectivity index (χ2n) is 10.1. The monoisotopic (exact) mass is 466 g/mol. The summed E-state index contributed by atoms with van der Waals surface area (Å²) in [5.41, 5.74) is 7.63. The first-order chi connectivity index (χ1) is 15.9. The van der Waals surface area contributed by atoms with Gasteiger partial charge in [0.15, 0.2) is 0 Å². The van der Waals surface area contributed by atoms with E-state index in [0.29, 0.717) is 11.1 Å². The molecule has 2 aromatic carbocycles. The third-order valence-corrected chi connectivity index (χ3v) is 7.91. The van der Waals surface area contributed by atoms with Crippen molar-refractivity contribution in [3.05, 3.63) is 68.8 Å².